The number of aliphatic hydroxyl groups excluding tert-OH is 1. The zero-order chi connectivity index (χ0) is 8.27. The highest BCUT2D eigenvalue weighted by molar-refractivity contribution is 7.99. The quantitative estimate of drug-likeness (QED) is 0.680. The van der Waals surface area contributed by atoms with Crippen LogP contribution in [-0.4, -0.2) is 28.5 Å². The number of ketones is 1. The maximum atomic E-state index is 10.7. The van der Waals surface area contributed by atoms with E-state index in [-0.39, 0.29) is 17.8 Å². The molecule has 64 valence electrons. The molecule has 0 bridgehead atoms. The van der Waals surface area contributed by atoms with Crippen molar-refractivity contribution >= 4 is 17.5 Å². The van der Waals surface area contributed by atoms with Gasteiger partial charge >= 0.3 is 0 Å². The molecule has 2 unspecified atom stereocenters. The van der Waals surface area contributed by atoms with E-state index < -0.39 is 0 Å². The van der Waals surface area contributed by atoms with Gasteiger partial charge in [-0.05, 0) is 25.0 Å². The monoisotopic (exact) mass is 174 g/mol. The van der Waals surface area contributed by atoms with E-state index in [1.165, 1.54) is 0 Å². The van der Waals surface area contributed by atoms with Crippen molar-refractivity contribution in [3.8, 4) is 0 Å². The van der Waals surface area contributed by atoms with Crippen molar-refractivity contribution in [1.29, 1.82) is 0 Å². The first-order chi connectivity index (χ1) is 5.20. The van der Waals surface area contributed by atoms with E-state index in [1.54, 1.807) is 18.7 Å². The molecule has 1 saturated heterocycles. The van der Waals surface area contributed by atoms with Gasteiger partial charge in [0.2, 0.25) is 0 Å². The van der Waals surface area contributed by atoms with Crippen molar-refractivity contribution < 1.29 is 9.90 Å². The highest BCUT2D eigenvalue weighted by Crippen LogP contribution is 2.25. The molecule has 0 aromatic carbocycles. The van der Waals surface area contributed by atoms with Crippen LogP contribution in [0.25, 0.3) is 0 Å². The summed E-state index contributed by atoms with van der Waals surface area (Å²) in [6.45, 7) is 1.59. The number of Topliss-reactive ketones (excluding diaryl/α,β-unsaturated/α-hetero) is 1. The number of hydrogen-bond donors (Lipinski definition) is 1. The average Bonchev–Trinajstić information content (AvgIpc) is 1.93. The first-order valence-electron chi connectivity index (χ1n) is 3.95. The van der Waals surface area contributed by atoms with Crippen molar-refractivity contribution in [2.24, 2.45) is 5.92 Å². The Kier molecular flexibility index (Phi) is 3.40. The minimum absolute atomic E-state index is 0.195. The summed E-state index contributed by atoms with van der Waals surface area (Å²) in [5.74, 6) is 2.32. The molecule has 1 rings (SSSR count). The molecule has 0 aromatic rings. The molecule has 0 aromatic heterocycles. The Bertz CT molecular complexity index is 147. The molecule has 3 heteroatoms. The molecule has 1 fully saturated rings. The number of thioether (sulfide) groups is 1. The lowest BCUT2D eigenvalue weighted by molar-refractivity contribution is -0.118. The summed E-state index contributed by atoms with van der Waals surface area (Å²) in [4.78, 5) is 10.7. The second-order valence-corrected chi connectivity index (χ2v) is 4.25. The predicted molar refractivity (Wildman–Crippen MR) is 46.7 cm³/mol. The van der Waals surface area contributed by atoms with Crippen molar-refractivity contribution in [3.63, 3.8) is 0 Å². The van der Waals surface area contributed by atoms with Gasteiger partial charge in [-0.15, -0.1) is 0 Å². The molecule has 1 aliphatic heterocycles. The second-order valence-electron chi connectivity index (χ2n) is 3.10. The first-order valence-corrected chi connectivity index (χ1v) is 5.11. The van der Waals surface area contributed by atoms with Crippen molar-refractivity contribution in [1.82, 2.24) is 0 Å². The summed E-state index contributed by atoms with van der Waals surface area (Å²) in [7, 11) is 0. The SMILES string of the molecule is CC(=O)CC1CCSCC1O. The summed E-state index contributed by atoms with van der Waals surface area (Å²) in [5, 5.41) is 9.44. The fourth-order valence-corrected chi connectivity index (χ4v) is 2.52. The summed E-state index contributed by atoms with van der Waals surface area (Å²) in [6.07, 6.45) is 1.30. The van der Waals surface area contributed by atoms with Gasteiger partial charge in [0.25, 0.3) is 0 Å². The van der Waals surface area contributed by atoms with Gasteiger partial charge < -0.3 is 9.90 Å². The zero-order valence-electron chi connectivity index (χ0n) is 6.75. The van der Waals surface area contributed by atoms with Crippen LogP contribution in [0.15, 0.2) is 0 Å². The Morgan fingerprint density at radius 2 is 2.45 bits per heavy atom. The summed E-state index contributed by atoms with van der Waals surface area (Å²) in [5.41, 5.74) is 0. The molecular formula is C8H14O2S. The number of aliphatic hydroxyl groups is 1. The molecule has 2 atom stereocenters. The third kappa shape index (κ3) is 2.83. The Balaban J connectivity index is 2.35. The lowest BCUT2D eigenvalue weighted by Crippen LogP contribution is -2.29. The molecule has 0 spiro atoms. The van der Waals surface area contributed by atoms with Crippen LogP contribution in [0.5, 0.6) is 0 Å². The highest BCUT2D eigenvalue weighted by atomic mass is 32.2. The molecule has 11 heavy (non-hydrogen) atoms. The number of hydrogen-bond acceptors (Lipinski definition) is 3. The third-order valence-corrected chi connectivity index (χ3v) is 3.12. The lowest BCUT2D eigenvalue weighted by atomic mass is 9.94. The van der Waals surface area contributed by atoms with E-state index >= 15 is 0 Å². The van der Waals surface area contributed by atoms with Gasteiger partial charge in [-0.25, -0.2) is 0 Å². The van der Waals surface area contributed by atoms with Crippen LogP contribution < -0.4 is 0 Å². The molecule has 1 aliphatic rings. The average molecular weight is 174 g/mol. The van der Waals surface area contributed by atoms with Gasteiger partial charge in [0.1, 0.15) is 5.78 Å². The maximum absolute atomic E-state index is 10.7. The number of carbonyl (C=O) groups excluding carboxylic acids is 1. The van der Waals surface area contributed by atoms with E-state index in [1.807, 2.05) is 0 Å². The van der Waals surface area contributed by atoms with Crippen LogP contribution in [0.3, 0.4) is 0 Å². The van der Waals surface area contributed by atoms with E-state index in [2.05, 4.69) is 0 Å². The molecule has 0 radical (unpaired) electrons. The van der Waals surface area contributed by atoms with Gasteiger partial charge in [-0.1, -0.05) is 0 Å². The first kappa shape index (κ1) is 9.07. The van der Waals surface area contributed by atoms with Gasteiger partial charge in [-0.3, -0.25) is 0 Å². The van der Waals surface area contributed by atoms with Gasteiger partial charge in [0.15, 0.2) is 0 Å². The van der Waals surface area contributed by atoms with Gasteiger partial charge in [0.05, 0.1) is 6.10 Å². The van der Waals surface area contributed by atoms with Crippen molar-refractivity contribution in [2.75, 3.05) is 11.5 Å². The summed E-state index contributed by atoms with van der Waals surface area (Å²) in [6, 6.07) is 0. The Hall–Kier alpha value is -0.0200. The Morgan fingerprint density at radius 3 is 3.00 bits per heavy atom. The molecular weight excluding hydrogens is 160 g/mol. The largest absolute Gasteiger partial charge is 0.392 e. The number of rotatable bonds is 2. The fourth-order valence-electron chi connectivity index (χ4n) is 1.37. The topological polar surface area (TPSA) is 37.3 Å². The maximum Gasteiger partial charge on any atom is 0.130 e. The molecule has 0 amide bonds. The van der Waals surface area contributed by atoms with Gasteiger partial charge in [0, 0.05) is 12.2 Å². The van der Waals surface area contributed by atoms with Crippen LogP contribution in [-0.2, 0) is 4.79 Å². The van der Waals surface area contributed by atoms with Crippen LogP contribution in [0, 0.1) is 5.92 Å². The smallest absolute Gasteiger partial charge is 0.130 e. The van der Waals surface area contributed by atoms with E-state index in [0.29, 0.717) is 6.42 Å². The predicted octanol–water partition coefficient (Wildman–Crippen LogP) is 1.08. The van der Waals surface area contributed by atoms with Crippen LogP contribution >= 0.6 is 11.8 Å². The minimum atomic E-state index is -0.252. The highest BCUT2D eigenvalue weighted by Gasteiger charge is 2.23. The van der Waals surface area contributed by atoms with Crippen molar-refractivity contribution in [3.05, 3.63) is 0 Å². The fraction of sp³-hybridized carbons (Fsp3) is 0.875. The third-order valence-electron chi connectivity index (χ3n) is 2.02. The zero-order valence-corrected chi connectivity index (χ0v) is 7.56. The molecule has 0 saturated carbocycles. The van der Waals surface area contributed by atoms with E-state index in [0.717, 1.165) is 17.9 Å². The second kappa shape index (κ2) is 4.12. The molecule has 2 nitrogen and oxygen atoms in total. The Morgan fingerprint density at radius 1 is 1.73 bits per heavy atom. The van der Waals surface area contributed by atoms with Crippen LogP contribution in [0.4, 0.5) is 0 Å². The van der Waals surface area contributed by atoms with Crippen LogP contribution in [0.1, 0.15) is 19.8 Å². The van der Waals surface area contributed by atoms with Gasteiger partial charge in [-0.2, -0.15) is 11.8 Å². The summed E-state index contributed by atoms with van der Waals surface area (Å²) < 4.78 is 0. The molecule has 1 N–H and O–H groups in total. The van der Waals surface area contributed by atoms with E-state index in [9.17, 15) is 9.90 Å². The standard InChI is InChI=1S/C8H14O2S/c1-6(9)4-7-2-3-11-5-8(7)10/h7-8,10H,2-5H2,1H3. The lowest BCUT2D eigenvalue weighted by Gasteiger charge is -2.26. The minimum Gasteiger partial charge on any atom is -0.392 e. The Labute approximate surface area is 71.4 Å². The van der Waals surface area contributed by atoms with E-state index in [4.69, 9.17) is 0 Å². The number of carbonyl (C=O) groups is 1. The molecule has 0 aliphatic carbocycles. The molecule has 1 heterocycles. The van der Waals surface area contributed by atoms with Crippen molar-refractivity contribution in [2.45, 2.75) is 25.9 Å². The van der Waals surface area contributed by atoms with Crippen LogP contribution in [0.2, 0.25) is 0 Å². The normalized spacial score (nSPS) is 31.8. The summed E-state index contributed by atoms with van der Waals surface area (Å²) >= 11 is 1.77.